The second kappa shape index (κ2) is 6.10. The molecule has 0 aromatic heterocycles. The summed E-state index contributed by atoms with van der Waals surface area (Å²) in [6.07, 6.45) is 0.270. The molecule has 2 rings (SSSR count). The van der Waals surface area contributed by atoms with Gasteiger partial charge in [-0.25, -0.2) is 4.39 Å². The Hall–Kier alpha value is -1.48. The summed E-state index contributed by atoms with van der Waals surface area (Å²) in [4.78, 5) is 12.3. The lowest BCUT2D eigenvalue weighted by atomic mass is 9.86. The van der Waals surface area contributed by atoms with Crippen molar-refractivity contribution in [3.63, 3.8) is 0 Å². The number of halogens is 2. The third-order valence-corrected chi connectivity index (χ3v) is 4.10. The van der Waals surface area contributed by atoms with Gasteiger partial charge >= 0.3 is 0 Å². The third kappa shape index (κ3) is 4.01. The van der Waals surface area contributed by atoms with Gasteiger partial charge in [0.2, 0.25) is 0 Å². The van der Waals surface area contributed by atoms with E-state index in [0.29, 0.717) is 10.0 Å². The van der Waals surface area contributed by atoms with Crippen LogP contribution in [0.4, 0.5) is 4.39 Å². The summed E-state index contributed by atoms with van der Waals surface area (Å²) in [5.41, 5.74) is 2.64. The average molecular weight is 349 g/mol. The van der Waals surface area contributed by atoms with Crippen LogP contribution in [-0.4, -0.2) is 5.78 Å². The van der Waals surface area contributed by atoms with Crippen molar-refractivity contribution < 1.29 is 9.18 Å². The van der Waals surface area contributed by atoms with E-state index < -0.39 is 5.82 Å². The summed E-state index contributed by atoms with van der Waals surface area (Å²) < 4.78 is 13.9. The monoisotopic (exact) mass is 348 g/mol. The van der Waals surface area contributed by atoms with Crippen LogP contribution in [0.1, 0.15) is 42.3 Å². The van der Waals surface area contributed by atoms with Crippen LogP contribution in [0, 0.1) is 5.82 Å². The molecule has 2 aromatic rings. The molecule has 0 saturated heterocycles. The highest BCUT2D eigenvalue weighted by atomic mass is 79.9. The molecule has 0 heterocycles. The third-order valence-electron chi connectivity index (χ3n) is 3.41. The first kappa shape index (κ1) is 15.9. The van der Waals surface area contributed by atoms with E-state index in [0.717, 1.165) is 5.56 Å². The topological polar surface area (TPSA) is 17.1 Å². The predicted molar refractivity (Wildman–Crippen MR) is 87.3 cm³/mol. The normalized spacial score (nSPS) is 11.5. The van der Waals surface area contributed by atoms with Crippen LogP contribution >= 0.6 is 15.9 Å². The molecule has 0 saturated carbocycles. The van der Waals surface area contributed by atoms with Crippen LogP contribution in [0.25, 0.3) is 0 Å². The van der Waals surface area contributed by atoms with E-state index in [-0.39, 0.29) is 17.6 Å². The highest BCUT2D eigenvalue weighted by molar-refractivity contribution is 9.10. The van der Waals surface area contributed by atoms with Gasteiger partial charge in [0.25, 0.3) is 0 Å². The summed E-state index contributed by atoms with van der Waals surface area (Å²) in [7, 11) is 0. The Morgan fingerprint density at radius 3 is 2.29 bits per heavy atom. The van der Waals surface area contributed by atoms with Gasteiger partial charge in [0.15, 0.2) is 5.78 Å². The Kier molecular flexibility index (Phi) is 4.62. The molecule has 0 N–H and O–H groups in total. The van der Waals surface area contributed by atoms with Gasteiger partial charge in [-0.05, 0) is 34.7 Å². The number of carbonyl (C=O) groups is 1. The number of rotatable bonds is 3. The average Bonchev–Trinajstić information content (AvgIpc) is 2.41. The molecule has 0 fully saturated rings. The minimum absolute atomic E-state index is 0.0914. The number of benzene rings is 2. The molecular formula is C18H18BrFO. The van der Waals surface area contributed by atoms with E-state index in [1.165, 1.54) is 17.7 Å². The van der Waals surface area contributed by atoms with E-state index >= 15 is 0 Å². The Bertz CT molecular complexity index is 654. The summed E-state index contributed by atoms with van der Waals surface area (Å²) in [5.74, 6) is -0.491. The molecule has 0 aliphatic carbocycles. The van der Waals surface area contributed by atoms with Crippen LogP contribution in [0.3, 0.4) is 0 Å². The molecule has 0 bridgehead atoms. The largest absolute Gasteiger partial charge is 0.294 e. The van der Waals surface area contributed by atoms with Crippen LogP contribution in [0.5, 0.6) is 0 Å². The molecule has 0 aliphatic rings. The molecule has 0 amide bonds. The van der Waals surface area contributed by atoms with Gasteiger partial charge in [-0.1, -0.05) is 61.0 Å². The van der Waals surface area contributed by atoms with Gasteiger partial charge in [-0.3, -0.25) is 4.79 Å². The zero-order valence-electron chi connectivity index (χ0n) is 12.4. The fourth-order valence-electron chi connectivity index (χ4n) is 2.11. The Balaban J connectivity index is 2.18. The Morgan fingerprint density at radius 1 is 1.10 bits per heavy atom. The van der Waals surface area contributed by atoms with E-state index in [2.05, 4.69) is 36.7 Å². The number of carbonyl (C=O) groups excluding carboxylic acids is 1. The zero-order valence-corrected chi connectivity index (χ0v) is 14.0. The first-order valence-electron chi connectivity index (χ1n) is 6.85. The Labute approximate surface area is 133 Å². The first-order valence-corrected chi connectivity index (χ1v) is 7.64. The molecular weight excluding hydrogens is 331 g/mol. The lowest BCUT2D eigenvalue weighted by molar-refractivity contribution is 0.0992. The zero-order chi connectivity index (χ0) is 15.6. The van der Waals surface area contributed by atoms with Crippen molar-refractivity contribution in [1.82, 2.24) is 0 Å². The van der Waals surface area contributed by atoms with E-state index in [4.69, 9.17) is 0 Å². The van der Waals surface area contributed by atoms with Crippen molar-refractivity contribution in [3.8, 4) is 0 Å². The van der Waals surface area contributed by atoms with Gasteiger partial charge in [0, 0.05) is 16.5 Å². The SMILES string of the molecule is CC(C)(C)c1ccc(CC(=O)c2cc(F)ccc2Br)cc1. The summed E-state index contributed by atoms with van der Waals surface area (Å²) in [6.45, 7) is 6.45. The smallest absolute Gasteiger partial charge is 0.168 e. The fraction of sp³-hybridized carbons (Fsp3) is 0.278. The minimum atomic E-state index is -0.398. The van der Waals surface area contributed by atoms with Gasteiger partial charge < -0.3 is 0 Å². The maximum atomic E-state index is 13.3. The minimum Gasteiger partial charge on any atom is -0.294 e. The highest BCUT2D eigenvalue weighted by Gasteiger charge is 2.15. The molecule has 0 unspecified atom stereocenters. The van der Waals surface area contributed by atoms with Crippen molar-refractivity contribution in [2.24, 2.45) is 0 Å². The van der Waals surface area contributed by atoms with Crippen molar-refractivity contribution in [2.75, 3.05) is 0 Å². The second-order valence-electron chi connectivity index (χ2n) is 6.17. The maximum absolute atomic E-state index is 13.3. The summed E-state index contributed by atoms with van der Waals surface area (Å²) >= 11 is 3.29. The number of Topliss-reactive ketones (excluding diaryl/α,β-unsaturated/α-hetero) is 1. The van der Waals surface area contributed by atoms with E-state index in [1.807, 2.05) is 24.3 Å². The van der Waals surface area contributed by atoms with Crippen LogP contribution < -0.4 is 0 Å². The molecule has 21 heavy (non-hydrogen) atoms. The molecule has 2 aromatic carbocycles. The van der Waals surface area contributed by atoms with Crippen LogP contribution in [-0.2, 0) is 11.8 Å². The van der Waals surface area contributed by atoms with Gasteiger partial charge in [0.1, 0.15) is 5.82 Å². The molecule has 110 valence electrons. The van der Waals surface area contributed by atoms with Crippen LogP contribution in [0.15, 0.2) is 46.9 Å². The number of hydrogen-bond acceptors (Lipinski definition) is 1. The summed E-state index contributed by atoms with van der Waals surface area (Å²) in [6, 6.07) is 12.2. The molecule has 0 spiro atoms. The van der Waals surface area contributed by atoms with Gasteiger partial charge in [-0.2, -0.15) is 0 Å². The van der Waals surface area contributed by atoms with Crippen molar-refractivity contribution in [2.45, 2.75) is 32.6 Å². The second-order valence-corrected chi connectivity index (χ2v) is 7.03. The standard InChI is InChI=1S/C18H18BrFO/c1-18(2,3)13-6-4-12(5-7-13)10-17(21)15-11-14(20)8-9-16(15)19/h4-9,11H,10H2,1-3H3. The van der Waals surface area contributed by atoms with Gasteiger partial charge in [-0.15, -0.1) is 0 Å². The van der Waals surface area contributed by atoms with Crippen molar-refractivity contribution >= 4 is 21.7 Å². The number of hydrogen-bond donors (Lipinski definition) is 0. The fourth-order valence-corrected chi connectivity index (χ4v) is 2.58. The molecule has 3 heteroatoms. The molecule has 0 atom stereocenters. The molecule has 1 nitrogen and oxygen atoms in total. The van der Waals surface area contributed by atoms with Crippen molar-refractivity contribution in [3.05, 3.63) is 69.4 Å². The van der Waals surface area contributed by atoms with Crippen LogP contribution in [0.2, 0.25) is 0 Å². The Morgan fingerprint density at radius 2 is 1.71 bits per heavy atom. The lowest BCUT2D eigenvalue weighted by Crippen LogP contribution is -2.11. The van der Waals surface area contributed by atoms with Crippen molar-refractivity contribution in [1.29, 1.82) is 0 Å². The first-order chi connectivity index (χ1) is 9.77. The maximum Gasteiger partial charge on any atom is 0.168 e. The lowest BCUT2D eigenvalue weighted by Gasteiger charge is -2.19. The quantitative estimate of drug-likeness (QED) is 0.686. The predicted octanol–water partition coefficient (Wildman–Crippen LogP) is 5.31. The summed E-state index contributed by atoms with van der Waals surface area (Å²) in [5, 5.41) is 0. The number of ketones is 1. The van der Waals surface area contributed by atoms with E-state index in [9.17, 15) is 9.18 Å². The molecule has 0 radical (unpaired) electrons. The molecule has 0 aliphatic heterocycles. The highest BCUT2D eigenvalue weighted by Crippen LogP contribution is 2.23. The van der Waals surface area contributed by atoms with Gasteiger partial charge in [0.05, 0.1) is 0 Å². The van der Waals surface area contributed by atoms with E-state index in [1.54, 1.807) is 6.07 Å².